The van der Waals surface area contributed by atoms with Crippen LogP contribution in [0.2, 0.25) is 0 Å². The summed E-state index contributed by atoms with van der Waals surface area (Å²) in [4.78, 5) is 15.2. The number of nitrogens with zero attached hydrogens (tertiary/aromatic N) is 2. The maximum Gasteiger partial charge on any atom is 0.283 e. The summed E-state index contributed by atoms with van der Waals surface area (Å²) < 4.78 is 1.95. The Hall–Kier alpha value is -1.75. The number of imidazole rings is 1. The summed E-state index contributed by atoms with van der Waals surface area (Å²) in [6.45, 7) is 0. The number of rotatable bonds is 1. The number of hydrogen-bond acceptors (Lipinski definition) is 3. The number of amides is 1. The van der Waals surface area contributed by atoms with Gasteiger partial charge in [-0.3, -0.25) is 4.79 Å². The Morgan fingerprint density at radius 2 is 2.38 bits per heavy atom. The lowest BCUT2D eigenvalue weighted by Gasteiger charge is -2.17. The number of thioether (sulfide) groups is 1. The Morgan fingerprint density at radius 3 is 3.19 bits per heavy atom. The van der Waals surface area contributed by atoms with Gasteiger partial charge in [0.25, 0.3) is 5.24 Å². The molecule has 0 atom stereocenters. The van der Waals surface area contributed by atoms with Crippen molar-refractivity contribution in [3.63, 3.8) is 0 Å². The van der Waals surface area contributed by atoms with E-state index in [9.17, 15) is 4.79 Å². The van der Waals surface area contributed by atoms with Gasteiger partial charge in [-0.15, -0.1) is 0 Å². The van der Waals surface area contributed by atoms with Crippen LogP contribution in [-0.4, -0.2) is 14.8 Å². The highest BCUT2D eigenvalue weighted by molar-refractivity contribution is 8.13. The summed E-state index contributed by atoms with van der Waals surface area (Å²) in [7, 11) is 0. The normalized spacial score (nSPS) is 14.4. The van der Waals surface area contributed by atoms with Crippen molar-refractivity contribution in [2.75, 3.05) is 5.32 Å². The van der Waals surface area contributed by atoms with Crippen LogP contribution in [0.25, 0.3) is 5.69 Å². The van der Waals surface area contributed by atoms with E-state index in [1.54, 1.807) is 12.5 Å². The first kappa shape index (κ1) is 9.47. The standard InChI is InChI=1S/C11H9N3OS/c15-11-13-10-2-1-9(5-8(10)6-16-11)14-4-3-12-7-14/h1-5,7H,6H2,(H,13,15). The molecule has 0 fully saturated rings. The largest absolute Gasteiger partial charge is 0.317 e. The van der Waals surface area contributed by atoms with Crippen molar-refractivity contribution in [1.29, 1.82) is 0 Å². The lowest BCUT2D eigenvalue weighted by atomic mass is 10.1. The summed E-state index contributed by atoms with van der Waals surface area (Å²) in [5.41, 5.74) is 3.12. The second kappa shape index (κ2) is 3.68. The molecule has 1 N–H and O–H groups in total. The third-order valence-electron chi connectivity index (χ3n) is 2.49. The van der Waals surface area contributed by atoms with Gasteiger partial charge in [0.1, 0.15) is 0 Å². The van der Waals surface area contributed by atoms with Crippen LogP contribution in [-0.2, 0) is 5.75 Å². The van der Waals surface area contributed by atoms with Crippen molar-refractivity contribution in [2.24, 2.45) is 0 Å². The summed E-state index contributed by atoms with van der Waals surface area (Å²) in [5.74, 6) is 0.726. The Bertz CT molecular complexity index is 536. The minimum absolute atomic E-state index is 0.0166. The average molecular weight is 231 g/mol. The van der Waals surface area contributed by atoms with Crippen LogP contribution in [0.3, 0.4) is 0 Å². The van der Waals surface area contributed by atoms with Crippen molar-refractivity contribution in [3.05, 3.63) is 42.5 Å². The zero-order valence-electron chi connectivity index (χ0n) is 8.38. The number of carbonyl (C=O) groups is 1. The van der Waals surface area contributed by atoms with Gasteiger partial charge >= 0.3 is 0 Å². The molecule has 3 rings (SSSR count). The third-order valence-corrected chi connectivity index (χ3v) is 3.31. The molecule has 0 bridgehead atoms. The molecular formula is C11H9N3OS. The number of anilines is 1. The van der Waals surface area contributed by atoms with E-state index in [0.29, 0.717) is 0 Å². The fraction of sp³-hybridized carbons (Fsp3) is 0.0909. The van der Waals surface area contributed by atoms with E-state index in [-0.39, 0.29) is 5.24 Å². The Kier molecular flexibility index (Phi) is 2.18. The molecule has 2 heterocycles. The summed E-state index contributed by atoms with van der Waals surface area (Å²) in [6.07, 6.45) is 5.41. The fourth-order valence-electron chi connectivity index (χ4n) is 1.68. The highest BCUT2D eigenvalue weighted by Gasteiger charge is 2.15. The van der Waals surface area contributed by atoms with Crippen molar-refractivity contribution < 1.29 is 4.79 Å². The number of hydrogen-bond donors (Lipinski definition) is 1. The van der Waals surface area contributed by atoms with E-state index >= 15 is 0 Å². The number of fused-ring (bicyclic) bond motifs is 1. The van der Waals surface area contributed by atoms with Gasteiger partial charge in [0.05, 0.1) is 6.33 Å². The summed E-state index contributed by atoms with van der Waals surface area (Å²) >= 11 is 1.29. The van der Waals surface area contributed by atoms with Gasteiger partial charge in [-0.2, -0.15) is 0 Å². The Balaban J connectivity index is 2.03. The first-order valence-corrected chi connectivity index (χ1v) is 5.86. The minimum Gasteiger partial charge on any atom is -0.317 e. The first-order valence-electron chi connectivity index (χ1n) is 4.88. The van der Waals surface area contributed by atoms with Crippen LogP contribution >= 0.6 is 11.8 Å². The molecular weight excluding hydrogens is 222 g/mol. The highest BCUT2D eigenvalue weighted by Crippen LogP contribution is 2.29. The van der Waals surface area contributed by atoms with Gasteiger partial charge in [-0.25, -0.2) is 4.98 Å². The molecule has 0 aliphatic carbocycles. The van der Waals surface area contributed by atoms with Crippen LogP contribution in [0, 0.1) is 0 Å². The molecule has 16 heavy (non-hydrogen) atoms. The molecule has 80 valence electrons. The lowest BCUT2D eigenvalue weighted by Crippen LogP contribution is -2.12. The molecule has 0 radical (unpaired) electrons. The summed E-state index contributed by atoms with van der Waals surface area (Å²) in [6, 6.07) is 5.97. The van der Waals surface area contributed by atoms with Gasteiger partial charge in [-0.1, -0.05) is 11.8 Å². The van der Waals surface area contributed by atoms with E-state index in [2.05, 4.69) is 16.4 Å². The van der Waals surface area contributed by atoms with E-state index in [4.69, 9.17) is 0 Å². The zero-order valence-corrected chi connectivity index (χ0v) is 9.20. The molecule has 0 saturated carbocycles. The van der Waals surface area contributed by atoms with Crippen LogP contribution in [0.15, 0.2) is 36.9 Å². The van der Waals surface area contributed by atoms with E-state index in [0.717, 1.165) is 22.7 Å². The second-order valence-electron chi connectivity index (χ2n) is 3.51. The average Bonchev–Trinajstić information content (AvgIpc) is 2.82. The monoisotopic (exact) mass is 231 g/mol. The molecule has 0 unspecified atom stereocenters. The highest BCUT2D eigenvalue weighted by atomic mass is 32.2. The van der Waals surface area contributed by atoms with E-state index < -0.39 is 0 Å². The second-order valence-corrected chi connectivity index (χ2v) is 4.46. The van der Waals surface area contributed by atoms with E-state index in [1.807, 2.05) is 22.9 Å². The number of carbonyl (C=O) groups excluding carboxylic acids is 1. The molecule has 1 aromatic carbocycles. The smallest absolute Gasteiger partial charge is 0.283 e. The van der Waals surface area contributed by atoms with Gasteiger partial charge in [-0.05, 0) is 23.8 Å². The van der Waals surface area contributed by atoms with Gasteiger partial charge < -0.3 is 9.88 Å². The van der Waals surface area contributed by atoms with Gasteiger partial charge in [0.2, 0.25) is 0 Å². The lowest BCUT2D eigenvalue weighted by molar-refractivity contribution is 0.269. The third kappa shape index (κ3) is 1.59. The Morgan fingerprint density at radius 1 is 1.44 bits per heavy atom. The van der Waals surface area contributed by atoms with Crippen molar-refractivity contribution >= 4 is 22.7 Å². The number of aromatic nitrogens is 2. The maximum atomic E-state index is 11.2. The van der Waals surface area contributed by atoms with Crippen LogP contribution < -0.4 is 5.32 Å². The molecule has 1 amide bonds. The van der Waals surface area contributed by atoms with Gasteiger partial charge in [0.15, 0.2) is 0 Å². The topological polar surface area (TPSA) is 46.9 Å². The van der Waals surface area contributed by atoms with Gasteiger partial charge in [0, 0.05) is 29.5 Å². The number of benzene rings is 1. The van der Waals surface area contributed by atoms with Crippen molar-refractivity contribution in [1.82, 2.24) is 9.55 Å². The Labute approximate surface area is 96.7 Å². The minimum atomic E-state index is 0.0166. The van der Waals surface area contributed by atoms with Crippen LogP contribution in [0.4, 0.5) is 10.5 Å². The fourth-order valence-corrected chi connectivity index (χ4v) is 2.39. The maximum absolute atomic E-state index is 11.2. The molecule has 1 aromatic heterocycles. The molecule has 0 saturated heterocycles. The van der Waals surface area contributed by atoms with Crippen LogP contribution in [0.5, 0.6) is 0 Å². The molecule has 1 aliphatic rings. The van der Waals surface area contributed by atoms with Crippen molar-refractivity contribution in [2.45, 2.75) is 5.75 Å². The molecule has 0 spiro atoms. The molecule has 2 aromatic rings. The summed E-state index contributed by atoms with van der Waals surface area (Å²) in [5, 5.41) is 2.85. The predicted molar refractivity (Wildman–Crippen MR) is 63.9 cm³/mol. The molecule has 4 nitrogen and oxygen atoms in total. The SMILES string of the molecule is O=C1Nc2ccc(-n3ccnc3)cc2CS1. The zero-order chi connectivity index (χ0) is 11.0. The predicted octanol–water partition coefficient (Wildman–Crippen LogP) is 2.65. The number of nitrogens with one attached hydrogen (secondary N) is 1. The molecule has 1 aliphatic heterocycles. The van der Waals surface area contributed by atoms with E-state index in [1.165, 1.54) is 11.8 Å². The van der Waals surface area contributed by atoms with Crippen LogP contribution in [0.1, 0.15) is 5.56 Å². The van der Waals surface area contributed by atoms with Crippen molar-refractivity contribution in [3.8, 4) is 5.69 Å². The quantitative estimate of drug-likeness (QED) is 0.820. The molecule has 5 heteroatoms. The first-order chi connectivity index (χ1) is 7.83.